The number of H-pyrrole nitrogens is 1. The highest BCUT2D eigenvalue weighted by molar-refractivity contribution is 6.43. The molecule has 1 heterocycles. The van der Waals surface area contributed by atoms with E-state index in [9.17, 15) is 0 Å². The summed E-state index contributed by atoms with van der Waals surface area (Å²) >= 11 is 12.2. The lowest BCUT2D eigenvalue weighted by Gasteiger charge is -2.00. The van der Waals surface area contributed by atoms with E-state index in [1.165, 1.54) is 0 Å². The molecule has 6 heteroatoms. The van der Waals surface area contributed by atoms with Gasteiger partial charge in [0.05, 0.1) is 10.0 Å². The van der Waals surface area contributed by atoms with Crippen molar-refractivity contribution in [2.75, 3.05) is 5.73 Å². The molecular formula is C15H12Cl2N4. The highest BCUT2D eigenvalue weighted by Gasteiger charge is 2.12. The van der Waals surface area contributed by atoms with Crippen molar-refractivity contribution in [3.63, 3.8) is 0 Å². The molecular weight excluding hydrogens is 307 g/mol. The minimum atomic E-state index is 0.456. The van der Waals surface area contributed by atoms with Gasteiger partial charge in [0.2, 0.25) is 0 Å². The predicted octanol–water partition coefficient (Wildman–Crippen LogP) is 3.95. The smallest absolute Gasteiger partial charge is 0.182 e. The number of aromatic nitrogens is 3. The Hall–Kier alpha value is -2.04. The van der Waals surface area contributed by atoms with E-state index in [1.54, 1.807) is 6.07 Å². The average Bonchev–Trinajstić information content (AvgIpc) is 2.93. The number of aromatic amines is 1. The largest absolute Gasteiger partial charge is 0.399 e. The van der Waals surface area contributed by atoms with Gasteiger partial charge in [0, 0.05) is 17.7 Å². The molecule has 0 aliphatic heterocycles. The molecule has 21 heavy (non-hydrogen) atoms. The second kappa shape index (κ2) is 5.76. The van der Waals surface area contributed by atoms with Crippen LogP contribution in [0.15, 0.2) is 42.5 Å². The molecule has 0 bridgehead atoms. The first-order chi connectivity index (χ1) is 10.1. The van der Waals surface area contributed by atoms with Crippen molar-refractivity contribution in [2.45, 2.75) is 6.42 Å². The Morgan fingerprint density at radius 3 is 2.57 bits per heavy atom. The van der Waals surface area contributed by atoms with Crippen LogP contribution >= 0.6 is 23.2 Å². The Labute approximate surface area is 131 Å². The van der Waals surface area contributed by atoms with Crippen LogP contribution in [-0.4, -0.2) is 15.2 Å². The van der Waals surface area contributed by atoms with Crippen LogP contribution in [0.25, 0.3) is 11.4 Å². The fourth-order valence-corrected chi connectivity index (χ4v) is 2.39. The third-order valence-electron chi connectivity index (χ3n) is 3.08. The summed E-state index contributed by atoms with van der Waals surface area (Å²) in [5.74, 6) is 1.29. The molecule has 0 saturated carbocycles. The van der Waals surface area contributed by atoms with Gasteiger partial charge < -0.3 is 5.73 Å². The molecule has 0 aliphatic carbocycles. The first-order valence-corrected chi connectivity index (χ1v) is 7.09. The third kappa shape index (κ3) is 3.01. The van der Waals surface area contributed by atoms with Crippen molar-refractivity contribution >= 4 is 28.9 Å². The number of hydrogen-bond acceptors (Lipinski definition) is 3. The quantitative estimate of drug-likeness (QED) is 0.718. The summed E-state index contributed by atoms with van der Waals surface area (Å²) in [5.41, 5.74) is 8.22. The standard InChI is InChI=1S/C15H12Cl2N4/c16-12-3-1-2-11(14(12)17)15-19-13(20-21-15)8-9-4-6-10(18)7-5-9/h1-7H,8,18H2,(H,19,20,21). The normalized spacial score (nSPS) is 10.8. The van der Waals surface area contributed by atoms with Gasteiger partial charge in [0.25, 0.3) is 0 Å². The van der Waals surface area contributed by atoms with Crippen molar-refractivity contribution in [1.82, 2.24) is 15.2 Å². The number of hydrogen-bond donors (Lipinski definition) is 2. The van der Waals surface area contributed by atoms with Gasteiger partial charge in [0.1, 0.15) is 5.82 Å². The number of halogens is 2. The molecule has 0 spiro atoms. The van der Waals surface area contributed by atoms with Crippen LogP contribution in [0.2, 0.25) is 10.0 Å². The Morgan fingerprint density at radius 2 is 1.81 bits per heavy atom. The summed E-state index contributed by atoms with van der Waals surface area (Å²) in [7, 11) is 0. The third-order valence-corrected chi connectivity index (χ3v) is 3.89. The van der Waals surface area contributed by atoms with Crippen LogP contribution in [0.1, 0.15) is 11.4 Å². The Bertz CT molecular complexity index is 766. The molecule has 3 rings (SSSR count). The van der Waals surface area contributed by atoms with Crippen LogP contribution in [0.4, 0.5) is 5.69 Å². The number of benzene rings is 2. The lowest BCUT2D eigenvalue weighted by atomic mass is 10.1. The first-order valence-electron chi connectivity index (χ1n) is 6.33. The molecule has 0 unspecified atom stereocenters. The van der Waals surface area contributed by atoms with Gasteiger partial charge >= 0.3 is 0 Å². The molecule has 3 aromatic rings. The van der Waals surface area contributed by atoms with Crippen molar-refractivity contribution < 1.29 is 0 Å². The van der Waals surface area contributed by atoms with E-state index in [-0.39, 0.29) is 0 Å². The van der Waals surface area contributed by atoms with E-state index in [0.717, 1.165) is 17.1 Å². The zero-order chi connectivity index (χ0) is 14.8. The maximum Gasteiger partial charge on any atom is 0.182 e. The molecule has 3 N–H and O–H groups in total. The molecule has 2 aromatic carbocycles. The van der Waals surface area contributed by atoms with Crippen LogP contribution < -0.4 is 5.73 Å². The van der Waals surface area contributed by atoms with Gasteiger partial charge in [-0.1, -0.05) is 41.4 Å². The lowest BCUT2D eigenvalue weighted by Crippen LogP contribution is -1.92. The van der Waals surface area contributed by atoms with E-state index < -0.39 is 0 Å². The molecule has 0 aliphatic rings. The number of nitrogens with zero attached hydrogens (tertiary/aromatic N) is 2. The maximum atomic E-state index is 6.17. The Balaban J connectivity index is 1.86. The monoisotopic (exact) mass is 318 g/mol. The zero-order valence-electron chi connectivity index (χ0n) is 11.0. The van der Waals surface area contributed by atoms with Crippen molar-refractivity contribution in [2.24, 2.45) is 0 Å². The summed E-state index contributed by atoms with van der Waals surface area (Å²) in [6.45, 7) is 0. The summed E-state index contributed by atoms with van der Waals surface area (Å²) in [4.78, 5) is 4.46. The first kappa shape index (κ1) is 13.9. The lowest BCUT2D eigenvalue weighted by molar-refractivity contribution is 0.973. The molecule has 4 nitrogen and oxygen atoms in total. The van der Waals surface area contributed by atoms with E-state index in [0.29, 0.717) is 27.9 Å². The topological polar surface area (TPSA) is 67.6 Å². The molecule has 0 fully saturated rings. The van der Waals surface area contributed by atoms with E-state index in [2.05, 4.69) is 15.2 Å². The summed E-state index contributed by atoms with van der Waals surface area (Å²) < 4.78 is 0. The summed E-state index contributed by atoms with van der Waals surface area (Å²) in [5, 5.41) is 8.06. The van der Waals surface area contributed by atoms with E-state index in [4.69, 9.17) is 28.9 Å². The van der Waals surface area contributed by atoms with Gasteiger partial charge in [-0.2, -0.15) is 5.10 Å². The van der Waals surface area contributed by atoms with E-state index in [1.807, 2.05) is 36.4 Å². The number of anilines is 1. The van der Waals surface area contributed by atoms with E-state index >= 15 is 0 Å². The van der Waals surface area contributed by atoms with Crippen molar-refractivity contribution in [3.8, 4) is 11.4 Å². The minimum absolute atomic E-state index is 0.456. The second-order valence-electron chi connectivity index (χ2n) is 4.63. The Morgan fingerprint density at radius 1 is 1.05 bits per heavy atom. The molecule has 0 radical (unpaired) electrons. The van der Waals surface area contributed by atoms with Gasteiger partial charge in [-0.3, -0.25) is 5.10 Å². The van der Waals surface area contributed by atoms with Gasteiger partial charge in [-0.15, -0.1) is 0 Å². The highest BCUT2D eigenvalue weighted by atomic mass is 35.5. The van der Waals surface area contributed by atoms with Crippen LogP contribution in [-0.2, 0) is 6.42 Å². The SMILES string of the molecule is Nc1ccc(Cc2nc(-c3cccc(Cl)c3Cl)n[nH]2)cc1. The minimum Gasteiger partial charge on any atom is -0.399 e. The van der Waals surface area contributed by atoms with Gasteiger partial charge in [-0.25, -0.2) is 4.98 Å². The Kier molecular flexibility index (Phi) is 3.82. The number of rotatable bonds is 3. The van der Waals surface area contributed by atoms with Crippen LogP contribution in [0.3, 0.4) is 0 Å². The zero-order valence-corrected chi connectivity index (χ0v) is 12.5. The molecule has 0 saturated heterocycles. The summed E-state index contributed by atoms with van der Waals surface area (Å²) in [6, 6.07) is 13.0. The molecule has 1 aromatic heterocycles. The van der Waals surface area contributed by atoms with Crippen molar-refractivity contribution in [3.05, 3.63) is 63.9 Å². The average molecular weight is 319 g/mol. The molecule has 0 amide bonds. The number of nitrogens with one attached hydrogen (secondary N) is 1. The van der Waals surface area contributed by atoms with Crippen LogP contribution in [0, 0.1) is 0 Å². The van der Waals surface area contributed by atoms with Crippen LogP contribution in [0.5, 0.6) is 0 Å². The molecule has 0 atom stereocenters. The summed E-state index contributed by atoms with van der Waals surface area (Å²) in [6.07, 6.45) is 0.644. The number of nitrogens with two attached hydrogens (primary N) is 1. The second-order valence-corrected chi connectivity index (χ2v) is 5.41. The maximum absolute atomic E-state index is 6.17. The fraction of sp³-hybridized carbons (Fsp3) is 0.0667. The number of nitrogen functional groups attached to an aromatic ring is 1. The molecule has 106 valence electrons. The van der Waals surface area contributed by atoms with Gasteiger partial charge in [0.15, 0.2) is 5.82 Å². The van der Waals surface area contributed by atoms with Crippen molar-refractivity contribution in [1.29, 1.82) is 0 Å². The highest BCUT2D eigenvalue weighted by Crippen LogP contribution is 2.31. The fourth-order valence-electron chi connectivity index (χ4n) is 2.00. The van der Waals surface area contributed by atoms with Gasteiger partial charge in [-0.05, 0) is 29.8 Å². The predicted molar refractivity (Wildman–Crippen MR) is 85.5 cm³/mol.